The van der Waals surface area contributed by atoms with Crippen LogP contribution in [0.15, 0.2) is 60.8 Å². The summed E-state index contributed by atoms with van der Waals surface area (Å²) in [6.45, 7) is 0. The lowest BCUT2D eigenvalue weighted by Crippen LogP contribution is -2.09. The SMILES string of the molecule is O=C(CCc1ccc(Oc2ccnc(C(=O)O)c2)cc1)Cc1ccc(Cl)c(C(F)(F)F)c1. The molecule has 0 fully saturated rings. The first-order valence-electron chi connectivity index (χ1n) is 9.45. The Bertz CT molecular complexity index is 1130. The second-order valence-electron chi connectivity index (χ2n) is 6.96. The zero-order chi connectivity index (χ0) is 23.3. The molecule has 0 atom stereocenters. The molecule has 0 aliphatic carbocycles. The Hall–Kier alpha value is -3.39. The topological polar surface area (TPSA) is 76.5 Å². The third-order valence-corrected chi connectivity index (χ3v) is 4.87. The number of nitrogens with zero attached hydrogens (tertiary/aromatic N) is 1. The standard InChI is InChI=1S/C23H17ClF3NO4/c24-20-8-4-15(12-19(20)23(25,26)27)11-16(29)5-1-14-2-6-17(7-3-14)32-18-9-10-28-21(13-18)22(30)31/h2-4,6-10,12-13H,1,5,11H2,(H,30,31). The quantitative estimate of drug-likeness (QED) is 0.444. The number of hydrogen-bond acceptors (Lipinski definition) is 4. The Morgan fingerprint density at radius 3 is 2.31 bits per heavy atom. The molecule has 0 radical (unpaired) electrons. The second-order valence-corrected chi connectivity index (χ2v) is 7.36. The van der Waals surface area contributed by atoms with Crippen molar-refractivity contribution < 1.29 is 32.6 Å². The van der Waals surface area contributed by atoms with Crippen molar-refractivity contribution in [3.05, 3.63) is 88.2 Å². The van der Waals surface area contributed by atoms with Crippen molar-refractivity contribution in [2.24, 2.45) is 0 Å². The molecular formula is C23H17ClF3NO4. The van der Waals surface area contributed by atoms with Gasteiger partial charge in [-0.15, -0.1) is 0 Å². The number of carboxylic acids is 1. The largest absolute Gasteiger partial charge is 0.477 e. The third kappa shape index (κ3) is 6.31. The fourth-order valence-corrected chi connectivity index (χ4v) is 3.18. The van der Waals surface area contributed by atoms with E-state index in [1.165, 1.54) is 24.4 Å². The van der Waals surface area contributed by atoms with E-state index in [-0.39, 0.29) is 29.9 Å². The Morgan fingerprint density at radius 2 is 1.66 bits per heavy atom. The summed E-state index contributed by atoms with van der Waals surface area (Å²) in [5.74, 6) is -0.563. The van der Waals surface area contributed by atoms with Gasteiger partial charge in [0.1, 0.15) is 17.3 Å². The number of aromatic carboxylic acids is 1. The van der Waals surface area contributed by atoms with Crippen LogP contribution in [0.5, 0.6) is 11.5 Å². The molecule has 1 N–H and O–H groups in total. The van der Waals surface area contributed by atoms with E-state index < -0.39 is 22.7 Å². The van der Waals surface area contributed by atoms with Gasteiger partial charge in [0, 0.05) is 25.1 Å². The van der Waals surface area contributed by atoms with E-state index in [0.717, 1.165) is 17.7 Å². The molecule has 0 unspecified atom stereocenters. The van der Waals surface area contributed by atoms with Gasteiger partial charge in [0.15, 0.2) is 5.69 Å². The number of carbonyl (C=O) groups is 2. The smallest absolute Gasteiger partial charge is 0.417 e. The number of halogens is 4. The maximum atomic E-state index is 13.0. The zero-order valence-electron chi connectivity index (χ0n) is 16.5. The van der Waals surface area contributed by atoms with Crippen molar-refractivity contribution in [1.82, 2.24) is 4.98 Å². The molecule has 0 saturated carbocycles. The van der Waals surface area contributed by atoms with Crippen LogP contribution in [-0.2, 0) is 23.8 Å². The Morgan fingerprint density at radius 1 is 0.969 bits per heavy atom. The van der Waals surface area contributed by atoms with Crippen molar-refractivity contribution in [3.63, 3.8) is 0 Å². The third-order valence-electron chi connectivity index (χ3n) is 4.54. The highest BCUT2D eigenvalue weighted by Gasteiger charge is 2.33. The molecule has 0 aliphatic heterocycles. The first-order chi connectivity index (χ1) is 15.1. The van der Waals surface area contributed by atoms with Crippen LogP contribution in [0.2, 0.25) is 5.02 Å². The predicted octanol–water partition coefficient (Wildman–Crippen LogP) is 5.99. The maximum Gasteiger partial charge on any atom is 0.417 e. The lowest BCUT2D eigenvalue weighted by Gasteiger charge is -2.11. The van der Waals surface area contributed by atoms with E-state index in [9.17, 15) is 22.8 Å². The van der Waals surface area contributed by atoms with Gasteiger partial charge in [-0.3, -0.25) is 4.79 Å². The molecule has 0 bridgehead atoms. The Labute approximate surface area is 186 Å². The van der Waals surface area contributed by atoms with Gasteiger partial charge in [0.05, 0.1) is 10.6 Å². The van der Waals surface area contributed by atoms with Gasteiger partial charge in [0.2, 0.25) is 0 Å². The Kier molecular flexibility index (Phi) is 7.15. The molecule has 0 saturated heterocycles. The number of pyridine rings is 1. The summed E-state index contributed by atoms with van der Waals surface area (Å²) in [5, 5.41) is 8.57. The molecule has 0 amide bonds. The predicted molar refractivity (Wildman–Crippen MR) is 111 cm³/mol. The number of carboxylic acid groups (broad SMARTS) is 1. The highest BCUT2D eigenvalue weighted by atomic mass is 35.5. The number of carbonyl (C=O) groups excluding carboxylic acids is 1. The highest BCUT2D eigenvalue weighted by molar-refractivity contribution is 6.31. The van der Waals surface area contributed by atoms with Crippen molar-refractivity contribution in [1.29, 1.82) is 0 Å². The molecule has 9 heteroatoms. The molecular weight excluding hydrogens is 447 g/mol. The number of Topliss-reactive ketones (excluding diaryl/α,β-unsaturated/α-hetero) is 1. The van der Waals surface area contributed by atoms with Gasteiger partial charge >= 0.3 is 12.1 Å². The minimum atomic E-state index is -4.58. The summed E-state index contributed by atoms with van der Waals surface area (Å²) in [6.07, 6.45) is -2.79. The van der Waals surface area contributed by atoms with Gasteiger partial charge in [-0.2, -0.15) is 13.2 Å². The van der Waals surface area contributed by atoms with Crippen LogP contribution in [-0.4, -0.2) is 21.8 Å². The molecule has 0 aliphatic rings. The van der Waals surface area contributed by atoms with Gasteiger partial charge < -0.3 is 9.84 Å². The number of alkyl halides is 3. The van der Waals surface area contributed by atoms with Crippen LogP contribution in [0.25, 0.3) is 0 Å². The fraction of sp³-hybridized carbons (Fsp3) is 0.174. The average molecular weight is 464 g/mol. The molecule has 3 aromatic rings. The van der Waals surface area contributed by atoms with E-state index in [4.69, 9.17) is 21.4 Å². The first kappa shape index (κ1) is 23.3. The fourth-order valence-electron chi connectivity index (χ4n) is 2.95. The van der Waals surface area contributed by atoms with Crippen LogP contribution in [0.4, 0.5) is 13.2 Å². The Balaban J connectivity index is 1.56. The number of rotatable bonds is 8. The van der Waals surface area contributed by atoms with Crippen molar-refractivity contribution in [3.8, 4) is 11.5 Å². The summed E-state index contributed by atoms with van der Waals surface area (Å²) < 4.78 is 44.5. The number of hydrogen-bond donors (Lipinski definition) is 1. The molecule has 2 aromatic carbocycles. The first-order valence-corrected chi connectivity index (χ1v) is 9.83. The number of ether oxygens (including phenoxy) is 1. The molecule has 1 aromatic heterocycles. The lowest BCUT2D eigenvalue weighted by atomic mass is 10.0. The maximum absolute atomic E-state index is 13.0. The van der Waals surface area contributed by atoms with Crippen LogP contribution >= 0.6 is 11.6 Å². The van der Waals surface area contributed by atoms with Crippen LogP contribution < -0.4 is 4.74 Å². The molecule has 5 nitrogen and oxygen atoms in total. The van der Waals surface area contributed by atoms with Crippen LogP contribution in [0, 0.1) is 0 Å². The zero-order valence-corrected chi connectivity index (χ0v) is 17.3. The van der Waals surface area contributed by atoms with E-state index in [0.29, 0.717) is 17.9 Å². The summed E-state index contributed by atoms with van der Waals surface area (Å²) >= 11 is 5.60. The summed E-state index contributed by atoms with van der Waals surface area (Å²) in [4.78, 5) is 26.9. The minimum absolute atomic E-state index is 0.116. The van der Waals surface area contributed by atoms with E-state index >= 15 is 0 Å². The van der Waals surface area contributed by atoms with Gasteiger partial charge in [-0.1, -0.05) is 29.8 Å². The van der Waals surface area contributed by atoms with E-state index in [1.807, 2.05) is 0 Å². The van der Waals surface area contributed by atoms with E-state index in [2.05, 4.69) is 4.98 Å². The number of ketones is 1. The van der Waals surface area contributed by atoms with Crippen LogP contribution in [0.3, 0.4) is 0 Å². The van der Waals surface area contributed by atoms with Crippen molar-refractivity contribution in [2.45, 2.75) is 25.4 Å². The van der Waals surface area contributed by atoms with Crippen LogP contribution in [0.1, 0.15) is 33.6 Å². The molecule has 1 heterocycles. The van der Waals surface area contributed by atoms with Crippen molar-refractivity contribution in [2.75, 3.05) is 0 Å². The molecule has 166 valence electrons. The number of aromatic nitrogens is 1. The van der Waals surface area contributed by atoms with Gasteiger partial charge in [-0.05, 0) is 47.9 Å². The van der Waals surface area contributed by atoms with Gasteiger partial charge in [0.25, 0.3) is 0 Å². The number of benzene rings is 2. The normalized spacial score (nSPS) is 11.2. The van der Waals surface area contributed by atoms with Gasteiger partial charge in [-0.25, -0.2) is 9.78 Å². The average Bonchev–Trinajstić information content (AvgIpc) is 2.74. The summed E-state index contributed by atoms with van der Waals surface area (Å²) in [5.41, 5.74) is 0.0118. The lowest BCUT2D eigenvalue weighted by molar-refractivity contribution is -0.137. The summed E-state index contributed by atoms with van der Waals surface area (Å²) in [7, 11) is 0. The van der Waals surface area contributed by atoms with Crippen molar-refractivity contribution >= 4 is 23.4 Å². The molecule has 3 rings (SSSR count). The minimum Gasteiger partial charge on any atom is -0.477 e. The summed E-state index contributed by atoms with van der Waals surface area (Å²) in [6, 6.07) is 13.2. The number of aryl methyl sites for hydroxylation is 1. The monoisotopic (exact) mass is 463 g/mol. The molecule has 32 heavy (non-hydrogen) atoms. The molecule has 0 spiro atoms. The van der Waals surface area contributed by atoms with E-state index in [1.54, 1.807) is 24.3 Å². The second kappa shape index (κ2) is 9.82. The highest BCUT2D eigenvalue weighted by Crippen LogP contribution is 2.35.